The molecule has 1 aliphatic rings. The van der Waals surface area contributed by atoms with Crippen molar-refractivity contribution in [2.24, 2.45) is 0 Å². The Balaban J connectivity index is 1.93. The van der Waals surface area contributed by atoms with Crippen LogP contribution < -0.4 is 5.32 Å². The second-order valence-electron chi connectivity index (χ2n) is 6.76. The van der Waals surface area contributed by atoms with E-state index >= 15 is 0 Å². The Bertz CT molecular complexity index is 840. The number of carbonyl (C=O) groups is 2. The van der Waals surface area contributed by atoms with E-state index in [4.69, 9.17) is 11.6 Å². The molecule has 0 bridgehead atoms. The third-order valence-corrected chi connectivity index (χ3v) is 5.30. The normalized spacial score (nSPS) is 16.0. The van der Waals surface area contributed by atoms with E-state index in [2.05, 4.69) is 5.32 Å². The van der Waals surface area contributed by atoms with Gasteiger partial charge in [-0.3, -0.25) is 9.59 Å². The number of halogens is 1. The number of benzene rings is 2. The van der Waals surface area contributed by atoms with Crippen molar-refractivity contribution >= 4 is 23.4 Å². The van der Waals surface area contributed by atoms with Gasteiger partial charge in [0.05, 0.1) is 10.6 Å². The van der Waals surface area contributed by atoms with E-state index in [1.54, 1.807) is 41.1 Å². The van der Waals surface area contributed by atoms with Crippen LogP contribution in [0.5, 0.6) is 0 Å². The second-order valence-corrected chi connectivity index (χ2v) is 7.17. The lowest BCUT2D eigenvalue weighted by Gasteiger charge is -2.38. The molecule has 27 heavy (non-hydrogen) atoms. The Hall–Kier alpha value is -2.37. The predicted molar refractivity (Wildman–Crippen MR) is 107 cm³/mol. The molecule has 2 aromatic rings. The highest BCUT2D eigenvalue weighted by atomic mass is 35.5. The van der Waals surface area contributed by atoms with Crippen LogP contribution in [0.25, 0.3) is 0 Å². The average Bonchev–Trinajstić information content (AvgIpc) is 2.70. The summed E-state index contributed by atoms with van der Waals surface area (Å²) in [5, 5.41) is 3.45. The number of nitrogens with zero attached hydrogens (tertiary/aromatic N) is 2. The molecule has 0 aromatic heterocycles. The van der Waals surface area contributed by atoms with Crippen LogP contribution in [-0.2, 0) is 17.8 Å². The summed E-state index contributed by atoms with van der Waals surface area (Å²) in [6.07, 6.45) is 0.509. The molecule has 0 spiro atoms. The molecule has 1 aliphatic heterocycles. The third-order valence-electron chi connectivity index (χ3n) is 4.97. The van der Waals surface area contributed by atoms with Crippen molar-refractivity contribution in [3.05, 3.63) is 70.2 Å². The minimum atomic E-state index is -0.537. The molecular formula is C21H24ClN3O2. The van der Waals surface area contributed by atoms with Crippen molar-refractivity contribution in [2.75, 3.05) is 27.2 Å². The van der Waals surface area contributed by atoms with Gasteiger partial charge in [-0.1, -0.05) is 48.0 Å². The highest BCUT2D eigenvalue weighted by Gasteiger charge is 2.36. The van der Waals surface area contributed by atoms with Crippen LogP contribution in [0.4, 0.5) is 0 Å². The third kappa shape index (κ3) is 4.15. The van der Waals surface area contributed by atoms with Gasteiger partial charge >= 0.3 is 0 Å². The van der Waals surface area contributed by atoms with Crippen LogP contribution in [0.3, 0.4) is 0 Å². The van der Waals surface area contributed by atoms with E-state index < -0.39 is 6.04 Å². The van der Waals surface area contributed by atoms with Gasteiger partial charge in [0.15, 0.2) is 0 Å². The summed E-state index contributed by atoms with van der Waals surface area (Å²) in [6.45, 7) is 1.68. The van der Waals surface area contributed by atoms with E-state index in [-0.39, 0.29) is 11.8 Å². The van der Waals surface area contributed by atoms with Gasteiger partial charge in [-0.2, -0.15) is 0 Å². The Labute approximate surface area is 164 Å². The fourth-order valence-corrected chi connectivity index (χ4v) is 3.61. The summed E-state index contributed by atoms with van der Waals surface area (Å²) in [6, 6.07) is 14.4. The van der Waals surface area contributed by atoms with Crippen molar-refractivity contribution in [3.8, 4) is 0 Å². The van der Waals surface area contributed by atoms with Crippen molar-refractivity contribution in [2.45, 2.75) is 19.0 Å². The van der Waals surface area contributed by atoms with Crippen molar-refractivity contribution in [1.82, 2.24) is 15.1 Å². The van der Waals surface area contributed by atoms with Crippen LogP contribution in [0.1, 0.15) is 21.5 Å². The van der Waals surface area contributed by atoms with E-state index in [9.17, 15) is 9.59 Å². The summed E-state index contributed by atoms with van der Waals surface area (Å²) in [7, 11) is 3.63. The van der Waals surface area contributed by atoms with E-state index in [0.29, 0.717) is 36.6 Å². The lowest BCUT2D eigenvalue weighted by Crippen LogP contribution is -2.53. The summed E-state index contributed by atoms with van der Waals surface area (Å²) in [5.41, 5.74) is 2.61. The molecular weight excluding hydrogens is 362 g/mol. The highest BCUT2D eigenvalue weighted by molar-refractivity contribution is 6.33. The lowest BCUT2D eigenvalue weighted by molar-refractivity contribution is -0.135. The molecule has 0 saturated carbocycles. The molecule has 3 rings (SSSR count). The van der Waals surface area contributed by atoms with Crippen molar-refractivity contribution in [3.63, 3.8) is 0 Å². The first-order chi connectivity index (χ1) is 13.0. The average molecular weight is 386 g/mol. The SMILES string of the molecule is CNCCN(C)C(=O)C1Cc2ccccc2CN1C(=O)c1ccccc1Cl. The minimum Gasteiger partial charge on any atom is -0.343 e. The van der Waals surface area contributed by atoms with Gasteiger partial charge in [-0.05, 0) is 30.3 Å². The molecule has 0 aliphatic carbocycles. The maximum Gasteiger partial charge on any atom is 0.256 e. The van der Waals surface area contributed by atoms with Crippen LogP contribution >= 0.6 is 11.6 Å². The Morgan fingerprint density at radius 3 is 2.52 bits per heavy atom. The molecule has 6 heteroatoms. The summed E-state index contributed by atoms with van der Waals surface area (Å²) < 4.78 is 0. The Morgan fingerprint density at radius 2 is 1.81 bits per heavy atom. The zero-order chi connectivity index (χ0) is 19.4. The van der Waals surface area contributed by atoms with Gasteiger partial charge in [0, 0.05) is 33.1 Å². The quantitative estimate of drug-likeness (QED) is 0.860. The van der Waals surface area contributed by atoms with Gasteiger partial charge in [-0.15, -0.1) is 0 Å². The molecule has 0 saturated heterocycles. The predicted octanol–water partition coefficient (Wildman–Crippen LogP) is 2.58. The summed E-state index contributed by atoms with van der Waals surface area (Å²) in [4.78, 5) is 29.7. The molecule has 2 amide bonds. The smallest absolute Gasteiger partial charge is 0.256 e. The standard InChI is InChI=1S/C21H24ClN3O2/c1-23-11-12-24(2)21(27)19-13-15-7-3-4-8-16(15)14-25(19)20(26)17-9-5-6-10-18(17)22/h3-10,19,23H,11-14H2,1-2H3. The molecule has 0 fully saturated rings. The first-order valence-corrected chi connectivity index (χ1v) is 9.42. The molecule has 1 N–H and O–H groups in total. The lowest BCUT2D eigenvalue weighted by atomic mass is 9.92. The Morgan fingerprint density at radius 1 is 1.15 bits per heavy atom. The summed E-state index contributed by atoms with van der Waals surface area (Å²) >= 11 is 6.25. The van der Waals surface area contributed by atoms with Crippen molar-refractivity contribution in [1.29, 1.82) is 0 Å². The number of amides is 2. The van der Waals surface area contributed by atoms with Gasteiger partial charge in [0.1, 0.15) is 6.04 Å². The number of rotatable bonds is 5. The van der Waals surface area contributed by atoms with E-state index in [0.717, 1.165) is 11.1 Å². The van der Waals surface area contributed by atoms with Gasteiger partial charge in [-0.25, -0.2) is 0 Å². The van der Waals surface area contributed by atoms with E-state index in [1.807, 2.05) is 31.3 Å². The number of hydrogen-bond acceptors (Lipinski definition) is 3. The van der Waals surface area contributed by atoms with Crippen LogP contribution in [0.2, 0.25) is 5.02 Å². The number of fused-ring (bicyclic) bond motifs is 1. The Kier molecular flexibility index (Phi) is 6.14. The van der Waals surface area contributed by atoms with Crippen LogP contribution in [0, 0.1) is 0 Å². The molecule has 2 aromatic carbocycles. The fourth-order valence-electron chi connectivity index (χ4n) is 3.39. The number of nitrogens with one attached hydrogen (secondary N) is 1. The van der Waals surface area contributed by atoms with Crippen LogP contribution in [-0.4, -0.2) is 54.8 Å². The van der Waals surface area contributed by atoms with Crippen molar-refractivity contribution < 1.29 is 9.59 Å². The second kappa shape index (κ2) is 8.55. The molecule has 0 radical (unpaired) electrons. The largest absolute Gasteiger partial charge is 0.343 e. The van der Waals surface area contributed by atoms with E-state index in [1.165, 1.54) is 0 Å². The molecule has 1 unspecified atom stereocenters. The van der Waals surface area contributed by atoms with Gasteiger partial charge in [0.2, 0.25) is 5.91 Å². The first kappa shape index (κ1) is 19.4. The maximum absolute atomic E-state index is 13.2. The molecule has 142 valence electrons. The van der Waals surface area contributed by atoms with Gasteiger partial charge in [0.25, 0.3) is 5.91 Å². The number of likely N-dealkylation sites (N-methyl/N-ethyl adjacent to an activating group) is 2. The first-order valence-electron chi connectivity index (χ1n) is 9.04. The monoisotopic (exact) mass is 385 g/mol. The number of hydrogen-bond donors (Lipinski definition) is 1. The zero-order valence-electron chi connectivity index (χ0n) is 15.6. The van der Waals surface area contributed by atoms with Gasteiger partial charge < -0.3 is 15.1 Å². The zero-order valence-corrected chi connectivity index (χ0v) is 16.4. The fraction of sp³-hybridized carbons (Fsp3) is 0.333. The molecule has 1 atom stereocenters. The molecule has 5 nitrogen and oxygen atoms in total. The maximum atomic E-state index is 13.2. The number of carbonyl (C=O) groups excluding carboxylic acids is 2. The van der Waals surface area contributed by atoms with Crippen LogP contribution in [0.15, 0.2) is 48.5 Å². The topological polar surface area (TPSA) is 52.7 Å². The summed E-state index contributed by atoms with van der Waals surface area (Å²) in [5.74, 6) is -0.268. The molecule has 1 heterocycles. The minimum absolute atomic E-state index is 0.0554. The highest BCUT2D eigenvalue weighted by Crippen LogP contribution is 2.27.